The largest absolute Gasteiger partial charge is 0.417 e. The second kappa shape index (κ2) is 11.1. The summed E-state index contributed by atoms with van der Waals surface area (Å²) in [6.45, 7) is 5.59. The predicted molar refractivity (Wildman–Crippen MR) is 151 cm³/mol. The number of nitrogens with one attached hydrogen (secondary N) is 1. The van der Waals surface area contributed by atoms with Gasteiger partial charge in [-0.2, -0.15) is 18.2 Å². The summed E-state index contributed by atoms with van der Waals surface area (Å²) in [5.41, 5.74) is -0.906. The first-order valence-corrected chi connectivity index (χ1v) is 15.0. The van der Waals surface area contributed by atoms with Crippen molar-refractivity contribution in [2.75, 3.05) is 43.4 Å². The van der Waals surface area contributed by atoms with Crippen molar-refractivity contribution < 1.29 is 26.3 Å². The van der Waals surface area contributed by atoms with Crippen LogP contribution >= 0.6 is 11.8 Å². The Bertz CT molecular complexity index is 1540. The fraction of sp³-hybridized carbons (Fsp3) is 0.517. The molecule has 0 radical (unpaired) electrons. The van der Waals surface area contributed by atoms with Crippen LogP contribution in [0.25, 0.3) is 22.0 Å². The van der Waals surface area contributed by atoms with Gasteiger partial charge >= 0.3 is 11.9 Å². The van der Waals surface area contributed by atoms with Crippen LogP contribution < -0.4 is 15.9 Å². The Morgan fingerprint density at radius 2 is 1.83 bits per heavy atom. The Morgan fingerprint density at radius 3 is 2.50 bits per heavy atom. The number of aromatic nitrogens is 2. The van der Waals surface area contributed by atoms with Crippen LogP contribution in [0.1, 0.15) is 31.9 Å². The second-order valence-electron chi connectivity index (χ2n) is 11.6. The molecule has 2 aromatic carbocycles. The van der Waals surface area contributed by atoms with Gasteiger partial charge in [-0.1, -0.05) is 12.1 Å². The highest BCUT2D eigenvalue weighted by Crippen LogP contribution is 2.50. The Kier molecular flexibility index (Phi) is 7.72. The van der Waals surface area contributed by atoms with E-state index in [2.05, 4.69) is 10.3 Å². The van der Waals surface area contributed by atoms with Gasteiger partial charge in [0.05, 0.1) is 17.6 Å². The van der Waals surface area contributed by atoms with Crippen LogP contribution in [-0.2, 0) is 6.18 Å². The van der Waals surface area contributed by atoms with E-state index in [-0.39, 0.29) is 52.9 Å². The molecule has 3 aliphatic heterocycles. The molecule has 0 amide bonds. The highest BCUT2D eigenvalue weighted by molar-refractivity contribution is 7.99. The Hall–Kier alpha value is -2.77. The molecule has 0 bridgehead atoms. The molecule has 3 atom stereocenters. The molecule has 6 nitrogen and oxygen atoms in total. The summed E-state index contributed by atoms with van der Waals surface area (Å²) >= 11 is 1.25. The molecule has 13 heteroatoms. The van der Waals surface area contributed by atoms with Crippen molar-refractivity contribution in [2.24, 2.45) is 5.92 Å². The first-order valence-electron chi connectivity index (χ1n) is 14.0. The van der Waals surface area contributed by atoms with Crippen LogP contribution in [0.15, 0.2) is 40.0 Å². The van der Waals surface area contributed by atoms with E-state index < -0.39 is 29.7 Å². The highest BCUT2D eigenvalue weighted by atomic mass is 32.2. The number of rotatable bonds is 6. The minimum absolute atomic E-state index is 0.0327. The molecule has 2 saturated heterocycles. The van der Waals surface area contributed by atoms with Gasteiger partial charge in [0.2, 0.25) is 0 Å². The number of alkyl halides is 5. The lowest BCUT2D eigenvalue weighted by atomic mass is 9.91. The summed E-state index contributed by atoms with van der Waals surface area (Å²) in [7, 11) is 0. The third-order valence-corrected chi connectivity index (χ3v) is 9.68. The minimum atomic E-state index is -4.73. The van der Waals surface area contributed by atoms with Gasteiger partial charge in [-0.15, -0.1) is 11.8 Å². The molecule has 226 valence electrons. The number of likely N-dealkylation sites (tertiary alicyclic amines) is 1. The van der Waals surface area contributed by atoms with Crippen molar-refractivity contribution in [1.29, 1.82) is 0 Å². The predicted octanol–water partition coefficient (Wildman–Crippen LogP) is 5.64. The maximum Gasteiger partial charge on any atom is 0.417 e. The van der Waals surface area contributed by atoms with Gasteiger partial charge in [-0.05, 0) is 49.9 Å². The molecule has 0 unspecified atom stereocenters. The van der Waals surface area contributed by atoms with Crippen molar-refractivity contribution in [3.63, 3.8) is 0 Å². The summed E-state index contributed by atoms with van der Waals surface area (Å²) in [4.78, 5) is 22.1. The molecule has 0 saturated carbocycles. The summed E-state index contributed by atoms with van der Waals surface area (Å²) in [6.07, 6.45) is -6.63. The third kappa shape index (κ3) is 5.39. The molecule has 1 N–H and O–H groups in total. The molecule has 6 rings (SSSR count). The van der Waals surface area contributed by atoms with E-state index in [1.165, 1.54) is 28.5 Å². The van der Waals surface area contributed by atoms with Crippen LogP contribution in [0.4, 0.5) is 32.2 Å². The standard InChI is InChI=1S/C29H31F6N5OS/c1-15-10-39(16(2)9-36-15)27-21-8-22(29(33,34)35)24(18-3-5-19(30)6-4-18)26-25(21)40(28(41)37-27)20(14-42-26)7-17-11-38(12-17)13-23(31)32/h3-6,8,15-17,20,23,36H,7,9-14H2,1-2H3/t15-,16+,20+/m1/s1. The average Bonchev–Trinajstić information content (AvgIpc) is 2.90. The van der Waals surface area contributed by atoms with E-state index in [0.29, 0.717) is 48.8 Å². The number of benzene rings is 2. The smallest absolute Gasteiger partial charge is 0.350 e. The van der Waals surface area contributed by atoms with Crippen LogP contribution in [-0.4, -0.2) is 71.4 Å². The molecule has 0 aliphatic carbocycles. The van der Waals surface area contributed by atoms with Crippen molar-refractivity contribution in [3.05, 3.63) is 52.2 Å². The fourth-order valence-electron chi connectivity index (χ4n) is 6.48. The number of anilines is 1. The normalized spacial score (nSPS) is 23.5. The molecule has 1 aromatic heterocycles. The number of halogens is 6. The summed E-state index contributed by atoms with van der Waals surface area (Å²) in [6, 6.07) is 5.53. The Labute approximate surface area is 243 Å². The first kappa shape index (κ1) is 29.3. The van der Waals surface area contributed by atoms with Crippen molar-refractivity contribution in [2.45, 2.75) is 55.9 Å². The average molecular weight is 612 g/mol. The summed E-state index contributed by atoms with van der Waals surface area (Å²) < 4.78 is 85.2. The molecule has 2 fully saturated rings. The molecular weight excluding hydrogens is 580 g/mol. The van der Waals surface area contributed by atoms with E-state index in [0.717, 1.165) is 18.2 Å². The fourth-order valence-corrected chi connectivity index (χ4v) is 7.84. The number of hydrogen-bond acceptors (Lipinski definition) is 6. The summed E-state index contributed by atoms with van der Waals surface area (Å²) in [5, 5.41) is 3.59. The molecule has 3 aliphatic rings. The van der Waals surface area contributed by atoms with Crippen molar-refractivity contribution in [1.82, 2.24) is 19.8 Å². The lowest BCUT2D eigenvalue weighted by Crippen LogP contribution is -2.55. The second-order valence-corrected chi connectivity index (χ2v) is 12.6. The maximum absolute atomic E-state index is 14.7. The van der Waals surface area contributed by atoms with Gasteiger partial charge in [0.1, 0.15) is 11.6 Å². The number of hydrogen-bond donors (Lipinski definition) is 1. The number of piperazine rings is 1. The van der Waals surface area contributed by atoms with Crippen LogP contribution in [0, 0.1) is 11.7 Å². The molecule has 3 aromatic rings. The van der Waals surface area contributed by atoms with E-state index in [1.807, 2.05) is 18.7 Å². The van der Waals surface area contributed by atoms with Gasteiger partial charge in [0, 0.05) is 65.9 Å². The van der Waals surface area contributed by atoms with Gasteiger partial charge in [0.25, 0.3) is 6.43 Å². The van der Waals surface area contributed by atoms with Crippen LogP contribution in [0.3, 0.4) is 0 Å². The third-order valence-electron chi connectivity index (χ3n) is 8.44. The van der Waals surface area contributed by atoms with E-state index in [1.54, 1.807) is 4.90 Å². The molecule has 4 heterocycles. The zero-order valence-corrected chi connectivity index (χ0v) is 23.9. The highest BCUT2D eigenvalue weighted by Gasteiger charge is 2.41. The first-order chi connectivity index (χ1) is 19.9. The minimum Gasteiger partial charge on any atom is -0.350 e. The number of nitrogens with zero attached hydrogens (tertiary/aromatic N) is 4. The monoisotopic (exact) mass is 611 g/mol. The molecular formula is C29H31F6N5OS. The quantitative estimate of drug-likeness (QED) is 0.364. The molecule has 42 heavy (non-hydrogen) atoms. The van der Waals surface area contributed by atoms with E-state index >= 15 is 0 Å². The van der Waals surface area contributed by atoms with Crippen LogP contribution in [0.2, 0.25) is 0 Å². The van der Waals surface area contributed by atoms with Crippen LogP contribution in [0.5, 0.6) is 0 Å². The zero-order valence-electron chi connectivity index (χ0n) is 23.1. The lowest BCUT2D eigenvalue weighted by molar-refractivity contribution is -0.137. The molecule has 0 spiro atoms. The Morgan fingerprint density at radius 1 is 1.12 bits per heavy atom. The van der Waals surface area contributed by atoms with E-state index in [4.69, 9.17) is 0 Å². The van der Waals surface area contributed by atoms with Crippen molar-refractivity contribution >= 4 is 28.5 Å². The number of thioether (sulfide) groups is 1. The maximum atomic E-state index is 14.7. The van der Waals surface area contributed by atoms with Gasteiger partial charge < -0.3 is 10.2 Å². The lowest BCUT2D eigenvalue weighted by Gasteiger charge is -2.42. The Balaban J connectivity index is 1.55. The van der Waals surface area contributed by atoms with Gasteiger partial charge in [-0.25, -0.2) is 18.0 Å². The zero-order chi connectivity index (χ0) is 29.9. The van der Waals surface area contributed by atoms with Gasteiger partial charge in [0.15, 0.2) is 0 Å². The topological polar surface area (TPSA) is 53.4 Å². The van der Waals surface area contributed by atoms with Gasteiger partial charge in [-0.3, -0.25) is 9.47 Å². The van der Waals surface area contributed by atoms with E-state index in [9.17, 15) is 31.1 Å². The summed E-state index contributed by atoms with van der Waals surface area (Å²) in [5.74, 6) is 0.0569. The SMILES string of the molecule is C[C@@H]1CN(c2nc(=O)n3c4c(c(-c5ccc(F)cc5)c(C(F)(F)F)cc24)SC[C@@H]3CC2CN(CC(F)F)C2)[C@@H](C)CN1. The van der Waals surface area contributed by atoms with Crippen molar-refractivity contribution in [3.8, 4) is 11.1 Å².